The van der Waals surface area contributed by atoms with Crippen molar-refractivity contribution in [2.45, 2.75) is 32.9 Å². The summed E-state index contributed by atoms with van der Waals surface area (Å²) in [5.41, 5.74) is 10.3. The molecule has 5 rings (SSSR count). The van der Waals surface area contributed by atoms with E-state index in [9.17, 15) is 0 Å². The maximum absolute atomic E-state index is 6.14. The first-order valence-electron chi connectivity index (χ1n) is 10.2. The third-order valence-corrected chi connectivity index (χ3v) is 6.53. The lowest BCUT2D eigenvalue weighted by molar-refractivity contribution is 0.326. The molecule has 9 heteroatoms. The van der Waals surface area contributed by atoms with Crippen LogP contribution in [0.3, 0.4) is 0 Å². The fourth-order valence-electron chi connectivity index (χ4n) is 3.87. The maximum Gasteiger partial charge on any atom is 0.234 e. The minimum atomic E-state index is 0.266. The molecule has 0 spiro atoms. The van der Waals surface area contributed by atoms with Crippen LogP contribution in [-0.4, -0.2) is 44.2 Å². The van der Waals surface area contributed by atoms with Crippen molar-refractivity contribution in [1.29, 1.82) is 0 Å². The van der Waals surface area contributed by atoms with Crippen LogP contribution in [0.15, 0.2) is 41.8 Å². The normalized spacial score (nSPS) is 15.9. The number of anilines is 1. The zero-order valence-corrected chi connectivity index (χ0v) is 18.0. The molecule has 0 fully saturated rings. The van der Waals surface area contributed by atoms with Crippen molar-refractivity contribution in [2.24, 2.45) is 5.73 Å². The molecule has 3 aromatic rings. The zero-order valence-electron chi connectivity index (χ0n) is 17.2. The smallest absolute Gasteiger partial charge is 0.234 e. The fourth-order valence-corrected chi connectivity index (χ4v) is 5.01. The quantitative estimate of drug-likeness (QED) is 0.630. The fraction of sp³-hybridized carbons (Fsp3) is 0.381. The average Bonchev–Trinajstić information content (AvgIpc) is 3.46. The highest BCUT2D eigenvalue weighted by Crippen LogP contribution is 2.46. The Labute approximate surface area is 179 Å². The van der Waals surface area contributed by atoms with E-state index in [0.29, 0.717) is 19.7 Å². The van der Waals surface area contributed by atoms with Crippen LogP contribution in [-0.2, 0) is 6.54 Å². The summed E-state index contributed by atoms with van der Waals surface area (Å²) in [4.78, 5) is 5.85. The summed E-state index contributed by atoms with van der Waals surface area (Å²) >= 11 is 1.75. The summed E-state index contributed by atoms with van der Waals surface area (Å²) in [5.74, 6) is 1.83. The van der Waals surface area contributed by atoms with Crippen LogP contribution in [0.2, 0.25) is 0 Å². The Morgan fingerprint density at radius 2 is 2.13 bits per heavy atom. The Bertz CT molecular complexity index is 1100. The second-order valence-electron chi connectivity index (χ2n) is 7.72. The molecule has 0 unspecified atom stereocenters. The Morgan fingerprint density at radius 1 is 1.23 bits per heavy atom. The molecule has 4 heterocycles. The molecule has 2 aliphatic rings. The SMILES string of the molecule is CC(C)n1ncnc1N1CC2=C(CCOc3cc(-c4cnn(CCN)c4)ccc32)S1. The van der Waals surface area contributed by atoms with Crippen LogP contribution in [0.4, 0.5) is 5.95 Å². The molecule has 2 N–H and O–H groups in total. The van der Waals surface area contributed by atoms with Gasteiger partial charge in [-0.25, -0.2) is 4.68 Å². The number of aromatic nitrogens is 5. The lowest BCUT2D eigenvalue weighted by atomic mass is 10.00. The van der Waals surface area contributed by atoms with Gasteiger partial charge in [-0.1, -0.05) is 12.1 Å². The number of hydrogen-bond donors (Lipinski definition) is 1. The van der Waals surface area contributed by atoms with Crippen molar-refractivity contribution in [3.63, 3.8) is 0 Å². The Hall–Kier alpha value is -2.78. The molecule has 0 bridgehead atoms. The van der Waals surface area contributed by atoms with Crippen molar-refractivity contribution >= 4 is 23.5 Å². The number of nitrogens with zero attached hydrogens (tertiary/aromatic N) is 6. The minimum Gasteiger partial charge on any atom is -0.493 e. The third kappa shape index (κ3) is 3.37. The maximum atomic E-state index is 6.14. The van der Waals surface area contributed by atoms with Gasteiger partial charge in [0.05, 0.1) is 31.9 Å². The van der Waals surface area contributed by atoms with Crippen LogP contribution in [0.1, 0.15) is 31.9 Å². The van der Waals surface area contributed by atoms with Gasteiger partial charge in [0.15, 0.2) is 0 Å². The van der Waals surface area contributed by atoms with Gasteiger partial charge < -0.3 is 10.5 Å². The monoisotopic (exact) mass is 423 g/mol. The predicted molar refractivity (Wildman–Crippen MR) is 119 cm³/mol. The molecule has 0 atom stereocenters. The molecule has 0 aliphatic carbocycles. The van der Waals surface area contributed by atoms with E-state index < -0.39 is 0 Å². The van der Waals surface area contributed by atoms with Crippen LogP contribution < -0.4 is 14.8 Å². The highest BCUT2D eigenvalue weighted by molar-refractivity contribution is 8.04. The lowest BCUT2D eigenvalue weighted by Gasteiger charge is -2.19. The molecule has 8 nitrogen and oxygen atoms in total. The molecule has 156 valence electrons. The largest absolute Gasteiger partial charge is 0.493 e. The van der Waals surface area contributed by atoms with Crippen LogP contribution in [0.5, 0.6) is 5.75 Å². The Morgan fingerprint density at radius 3 is 2.97 bits per heavy atom. The molecule has 2 aliphatic heterocycles. The van der Waals surface area contributed by atoms with Gasteiger partial charge in [-0.15, -0.1) is 0 Å². The summed E-state index contributed by atoms with van der Waals surface area (Å²) in [7, 11) is 0. The summed E-state index contributed by atoms with van der Waals surface area (Å²) in [6, 6.07) is 6.70. The number of fused-ring (bicyclic) bond motifs is 2. The summed E-state index contributed by atoms with van der Waals surface area (Å²) in [5, 5.41) is 8.78. The van der Waals surface area contributed by atoms with Crippen molar-refractivity contribution in [1.82, 2.24) is 24.5 Å². The van der Waals surface area contributed by atoms with Crippen LogP contribution in [0, 0.1) is 0 Å². The highest BCUT2D eigenvalue weighted by Gasteiger charge is 2.31. The second kappa shape index (κ2) is 7.81. The number of hydrogen-bond acceptors (Lipinski definition) is 7. The molecule has 0 radical (unpaired) electrons. The molecule has 0 amide bonds. The lowest BCUT2D eigenvalue weighted by Crippen LogP contribution is -2.19. The second-order valence-corrected chi connectivity index (χ2v) is 8.83. The highest BCUT2D eigenvalue weighted by atomic mass is 32.2. The number of ether oxygens (including phenoxy) is 1. The standard InChI is InChI=1S/C21H25N7OS/c1-14(2)28-21(23-13-25-28)27-12-18-17-4-3-15(16-10-24-26(11-16)7-6-22)9-19(17)29-8-5-20(18)30-27/h3-4,9-11,13-14H,5-8,12,22H2,1-2H3. The number of rotatable bonds is 5. The summed E-state index contributed by atoms with van der Waals surface area (Å²) in [6.07, 6.45) is 6.44. The first-order chi connectivity index (χ1) is 14.6. The van der Waals surface area contributed by atoms with Gasteiger partial charge in [-0.3, -0.25) is 8.99 Å². The van der Waals surface area contributed by atoms with E-state index in [0.717, 1.165) is 41.4 Å². The molecule has 0 saturated carbocycles. The van der Waals surface area contributed by atoms with Crippen molar-refractivity contribution in [3.8, 4) is 16.9 Å². The van der Waals surface area contributed by atoms with Crippen LogP contribution in [0.25, 0.3) is 16.7 Å². The predicted octanol–water partition coefficient (Wildman–Crippen LogP) is 3.34. The Balaban J connectivity index is 1.44. The third-order valence-electron chi connectivity index (χ3n) is 5.34. The molecule has 0 saturated heterocycles. The van der Waals surface area contributed by atoms with E-state index in [1.807, 2.05) is 21.8 Å². The van der Waals surface area contributed by atoms with E-state index in [2.05, 4.69) is 51.5 Å². The molecule has 30 heavy (non-hydrogen) atoms. The van der Waals surface area contributed by atoms with Crippen LogP contribution >= 0.6 is 11.9 Å². The van der Waals surface area contributed by atoms with E-state index in [1.54, 1.807) is 18.3 Å². The van der Waals surface area contributed by atoms with Gasteiger partial charge >= 0.3 is 0 Å². The first kappa shape index (κ1) is 19.2. The van der Waals surface area contributed by atoms with E-state index in [-0.39, 0.29) is 6.04 Å². The molecule has 2 aromatic heterocycles. The number of benzene rings is 1. The van der Waals surface area contributed by atoms with Gasteiger partial charge in [0.25, 0.3) is 0 Å². The van der Waals surface area contributed by atoms with Crippen molar-refractivity contribution in [2.75, 3.05) is 24.0 Å². The van der Waals surface area contributed by atoms with Gasteiger partial charge in [0.1, 0.15) is 12.1 Å². The minimum absolute atomic E-state index is 0.266. The number of nitrogens with two attached hydrogens (primary N) is 1. The van der Waals surface area contributed by atoms with E-state index in [1.165, 1.54) is 10.5 Å². The van der Waals surface area contributed by atoms with Gasteiger partial charge in [-0.2, -0.15) is 15.2 Å². The first-order valence-corrected chi connectivity index (χ1v) is 11.0. The van der Waals surface area contributed by atoms with Gasteiger partial charge in [-0.05, 0) is 43.0 Å². The van der Waals surface area contributed by atoms with E-state index in [4.69, 9.17) is 10.5 Å². The van der Waals surface area contributed by atoms with Crippen molar-refractivity contribution < 1.29 is 4.74 Å². The average molecular weight is 424 g/mol. The molecular weight excluding hydrogens is 398 g/mol. The zero-order chi connectivity index (χ0) is 20.7. The topological polar surface area (TPSA) is 87.0 Å². The van der Waals surface area contributed by atoms with E-state index >= 15 is 0 Å². The Kier molecular flexibility index (Phi) is 5.00. The molecular formula is C21H25N7OS. The van der Waals surface area contributed by atoms with Gasteiger partial charge in [0, 0.05) is 35.2 Å². The summed E-state index contributed by atoms with van der Waals surface area (Å²) < 4.78 is 12.2. The summed E-state index contributed by atoms with van der Waals surface area (Å²) in [6.45, 7) is 6.99. The van der Waals surface area contributed by atoms with Crippen molar-refractivity contribution in [3.05, 3.63) is 47.4 Å². The molecule has 1 aromatic carbocycles. The van der Waals surface area contributed by atoms with Gasteiger partial charge in [0.2, 0.25) is 5.95 Å².